The first-order valence-corrected chi connectivity index (χ1v) is 12.9. The number of fused-ring (bicyclic) bond motifs is 3. The molecular formula is C29H38O4. The molecule has 7 rings (SSSR count). The number of carbonyl (C=O) groups excluding carboxylic acids is 1. The van der Waals surface area contributed by atoms with Crippen LogP contribution in [0.5, 0.6) is 0 Å². The molecule has 4 aliphatic carbocycles. The van der Waals surface area contributed by atoms with Crippen molar-refractivity contribution < 1.29 is 19.4 Å². The summed E-state index contributed by atoms with van der Waals surface area (Å²) in [6, 6.07) is 0. The lowest BCUT2D eigenvalue weighted by Crippen LogP contribution is -2.51. The van der Waals surface area contributed by atoms with E-state index in [0.717, 1.165) is 24.8 Å². The maximum absolute atomic E-state index is 12.1. The number of aliphatic hydroxyl groups excluding tert-OH is 1. The monoisotopic (exact) mass is 450 g/mol. The van der Waals surface area contributed by atoms with E-state index < -0.39 is 17.5 Å². The molecule has 2 unspecified atom stereocenters. The molecule has 33 heavy (non-hydrogen) atoms. The summed E-state index contributed by atoms with van der Waals surface area (Å²) in [6.45, 7) is 13.2. The van der Waals surface area contributed by atoms with E-state index in [1.54, 1.807) is 0 Å². The van der Waals surface area contributed by atoms with Crippen LogP contribution in [0.3, 0.4) is 0 Å². The van der Waals surface area contributed by atoms with Crippen molar-refractivity contribution in [3.05, 3.63) is 47.1 Å². The van der Waals surface area contributed by atoms with Gasteiger partial charge in [0.1, 0.15) is 6.10 Å². The van der Waals surface area contributed by atoms with Gasteiger partial charge in [-0.05, 0) is 67.2 Å². The molecule has 4 nitrogen and oxygen atoms in total. The zero-order valence-electron chi connectivity index (χ0n) is 20.9. The van der Waals surface area contributed by atoms with Gasteiger partial charge < -0.3 is 14.6 Å². The van der Waals surface area contributed by atoms with Crippen LogP contribution in [0, 0.1) is 34.5 Å². The van der Waals surface area contributed by atoms with E-state index in [2.05, 4.69) is 65.8 Å². The van der Waals surface area contributed by atoms with E-state index in [9.17, 15) is 9.90 Å². The van der Waals surface area contributed by atoms with Crippen molar-refractivity contribution in [2.75, 3.05) is 0 Å². The van der Waals surface area contributed by atoms with E-state index in [1.165, 1.54) is 11.1 Å². The van der Waals surface area contributed by atoms with Crippen molar-refractivity contribution in [2.24, 2.45) is 34.5 Å². The van der Waals surface area contributed by atoms with Gasteiger partial charge in [-0.3, -0.25) is 4.79 Å². The lowest BCUT2D eigenvalue weighted by molar-refractivity contribution is -0.308. The highest BCUT2D eigenvalue weighted by Crippen LogP contribution is 2.65. The second-order valence-corrected chi connectivity index (χ2v) is 12.6. The Labute approximate surface area is 197 Å². The number of allylic oxidation sites excluding steroid dienone is 7. The second kappa shape index (κ2) is 6.59. The number of aliphatic hydroxyl groups is 1. The average Bonchev–Trinajstić information content (AvgIpc) is 2.85. The normalized spacial score (nSPS) is 51.8. The Morgan fingerprint density at radius 1 is 1.03 bits per heavy atom. The number of hydrogen-bond donors (Lipinski definition) is 1. The van der Waals surface area contributed by atoms with Crippen LogP contribution in [0.4, 0.5) is 0 Å². The first-order chi connectivity index (χ1) is 15.4. The molecule has 0 aromatic rings. The van der Waals surface area contributed by atoms with Crippen LogP contribution < -0.4 is 0 Å². The quantitative estimate of drug-likeness (QED) is 0.545. The van der Waals surface area contributed by atoms with Gasteiger partial charge in [-0.1, -0.05) is 52.0 Å². The fraction of sp³-hybridized carbons (Fsp3) is 0.690. The number of hydrogen-bond acceptors (Lipinski definition) is 4. The molecule has 1 spiro atoms. The van der Waals surface area contributed by atoms with Gasteiger partial charge in [0.25, 0.3) is 0 Å². The summed E-state index contributed by atoms with van der Waals surface area (Å²) in [7, 11) is 0. The molecule has 3 heterocycles. The van der Waals surface area contributed by atoms with E-state index >= 15 is 0 Å². The largest absolute Gasteiger partial charge is 0.387 e. The van der Waals surface area contributed by atoms with E-state index in [0.29, 0.717) is 12.3 Å². The number of rotatable bonds is 0. The Morgan fingerprint density at radius 3 is 2.48 bits per heavy atom. The topological polar surface area (TPSA) is 55.8 Å². The summed E-state index contributed by atoms with van der Waals surface area (Å²) in [6.07, 6.45) is 14.0. The third-order valence-electron chi connectivity index (χ3n) is 10.7. The zero-order chi connectivity index (χ0) is 23.6. The molecule has 7 aliphatic rings. The molecule has 0 radical (unpaired) electrons. The Morgan fingerprint density at radius 2 is 1.79 bits per heavy atom. The predicted molar refractivity (Wildman–Crippen MR) is 127 cm³/mol. The molecule has 3 aliphatic heterocycles. The van der Waals surface area contributed by atoms with E-state index in [4.69, 9.17) is 9.47 Å². The van der Waals surface area contributed by atoms with Crippen LogP contribution in [-0.4, -0.2) is 34.5 Å². The van der Waals surface area contributed by atoms with Crippen LogP contribution >= 0.6 is 0 Å². The maximum atomic E-state index is 12.1. The summed E-state index contributed by atoms with van der Waals surface area (Å²) in [5.74, 6) is -0.0760. The summed E-state index contributed by atoms with van der Waals surface area (Å²) in [5, 5.41) is 11.5. The minimum Gasteiger partial charge on any atom is -0.387 e. The number of ether oxygens (including phenoxy) is 2. The molecule has 9 atom stereocenters. The van der Waals surface area contributed by atoms with Crippen LogP contribution in [0.1, 0.15) is 67.2 Å². The van der Waals surface area contributed by atoms with Crippen LogP contribution in [0.15, 0.2) is 47.1 Å². The third-order valence-corrected chi connectivity index (χ3v) is 10.7. The molecule has 0 amide bonds. The molecule has 178 valence electrons. The van der Waals surface area contributed by atoms with E-state index in [1.807, 2.05) is 6.08 Å². The molecule has 2 bridgehead atoms. The molecule has 4 fully saturated rings. The van der Waals surface area contributed by atoms with Gasteiger partial charge in [-0.25, -0.2) is 0 Å². The number of ketones is 1. The molecule has 3 saturated heterocycles. The Bertz CT molecular complexity index is 1050. The van der Waals surface area contributed by atoms with Gasteiger partial charge in [0.05, 0.1) is 11.7 Å². The predicted octanol–water partition coefficient (Wildman–Crippen LogP) is 5.29. The van der Waals surface area contributed by atoms with E-state index in [-0.39, 0.29) is 40.5 Å². The highest BCUT2D eigenvalue weighted by Gasteiger charge is 2.68. The summed E-state index contributed by atoms with van der Waals surface area (Å²) >= 11 is 0. The van der Waals surface area contributed by atoms with Crippen LogP contribution in [0.2, 0.25) is 0 Å². The lowest BCUT2D eigenvalue weighted by Gasteiger charge is -2.53. The first kappa shape index (κ1) is 22.0. The maximum Gasteiger partial charge on any atom is 0.198 e. The smallest absolute Gasteiger partial charge is 0.198 e. The van der Waals surface area contributed by atoms with Crippen LogP contribution in [-0.2, 0) is 14.3 Å². The van der Waals surface area contributed by atoms with Crippen molar-refractivity contribution in [1.29, 1.82) is 0 Å². The van der Waals surface area contributed by atoms with Crippen molar-refractivity contribution in [2.45, 2.75) is 90.8 Å². The number of carbonyl (C=O) groups is 1. The lowest BCUT2D eigenvalue weighted by atomic mass is 9.50. The highest BCUT2D eigenvalue weighted by atomic mass is 16.7. The van der Waals surface area contributed by atoms with Gasteiger partial charge in [-0.2, -0.15) is 0 Å². The Balaban J connectivity index is 1.48. The second-order valence-electron chi connectivity index (χ2n) is 12.6. The summed E-state index contributed by atoms with van der Waals surface area (Å²) in [5.41, 5.74) is 3.25. The fourth-order valence-electron chi connectivity index (χ4n) is 8.35. The molecule has 0 aromatic carbocycles. The SMILES string of the molecule is C[C@H]1[C@H](O)[C@]2(OC3CC[C@H]([C@@H]2C)[C@@]2(C)C=CC4=C(C=CC5=CC(=O)CC[C@@]54C)C32)OC1(C)C. The van der Waals surface area contributed by atoms with Gasteiger partial charge in [0.15, 0.2) is 11.6 Å². The molecule has 4 heteroatoms. The zero-order valence-corrected chi connectivity index (χ0v) is 20.9. The third kappa shape index (κ3) is 2.61. The van der Waals surface area contributed by atoms with Gasteiger partial charge in [-0.15, -0.1) is 0 Å². The minimum atomic E-state index is -0.964. The minimum absolute atomic E-state index is 0.00133. The average molecular weight is 451 g/mol. The Hall–Kier alpha value is -1.49. The van der Waals surface area contributed by atoms with Gasteiger partial charge in [0.2, 0.25) is 0 Å². The van der Waals surface area contributed by atoms with Crippen molar-refractivity contribution >= 4 is 5.78 Å². The van der Waals surface area contributed by atoms with Gasteiger partial charge >= 0.3 is 0 Å². The summed E-state index contributed by atoms with van der Waals surface area (Å²) < 4.78 is 13.7. The standard InChI is InChI=1S/C29H38O4/c1-16-21-9-10-23(32-29(16)25(31)17(2)26(3,4)33-29)24-20-8-7-18-15-19(30)11-13-27(18,5)22(20)12-14-28(21,24)6/h7-8,12,14-17,21,23-25,31H,9-11,13H2,1-6H3/t16-,17-,21+,23?,24?,25-,27-,28+,29+/m0/s1. The first-order valence-electron chi connectivity index (χ1n) is 12.9. The molecular weight excluding hydrogens is 412 g/mol. The highest BCUT2D eigenvalue weighted by molar-refractivity contribution is 5.92. The van der Waals surface area contributed by atoms with Crippen molar-refractivity contribution in [3.63, 3.8) is 0 Å². The molecule has 0 aromatic heterocycles. The van der Waals surface area contributed by atoms with Crippen LogP contribution in [0.25, 0.3) is 0 Å². The van der Waals surface area contributed by atoms with Crippen molar-refractivity contribution in [1.82, 2.24) is 0 Å². The van der Waals surface area contributed by atoms with Gasteiger partial charge in [0, 0.05) is 29.6 Å². The van der Waals surface area contributed by atoms with Crippen molar-refractivity contribution in [3.8, 4) is 0 Å². The molecule has 1 saturated carbocycles. The summed E-state index contributed by atoms with van der Waals surface area (Å²) in [4.78, 5) is 12.1. The fourth-order valence-corrected chi connectivity index (χ4v) is 8.35. The molecule has 1 N–H and O–H groups in total. The Kier molecular flexibility index (Phi) is 4.39.